The van der Waals surface area contributed by atoms with Crippen molar-refractivity contribution in [2.24, 2.45) is 0 Å². The first kappa shape index (κ1) is 13.9. The van der Waals surface area contributed by atoms with Crippen molar-refractivity contribution in [3.63, 3.8) is 0 Å². The number of halogens is 1. The van der Waals surface area contributed by atoms with Gasteiger partial charge >= 0.3 is 0 Å². The number of aromatic nitrogens is 2. The van der Waals surface area contributed by atoms with Crippen molar-refractivity contribution in [1.29, 1.82) is 0 Å². The zero-order valence-electron chi connectivity index (χ0n) is 11.5. The van der Waals surface area contributed by atoms with Gasteiger partial charge in [-0.25, -0.2) is 4.98 Å². The van der Waals surface area contributed by atoms with E-state index in [0.29, 0.717) is 22.5 Å². The van der Waals surface area contributed by atoms with Crippen LogP contribution < -0.4 is 15.4 Å². The fourth-order valence-electron chi connectivity index (χ4n) is 1.97. The number of thiophene rings is 1. The highest BCUT2D eigenvalue weighted by Crippen LogP contribution is 2.33. The standard InChI is InChI=1S/C14H13ClN4OS/c1-16-14-18-12(9-5-6-21-13(9)19-14)17-10-7-8(15)3-4-11(10)20-2/h3-7H,1-2H3,(H2,16,17,18,19). The minimum absolute atomic E-state index is 0.563. The lowest BCUT2D eigenvalue weighted by Crippen LogP contribution is -2.01. The average Bonchev–Trinajstić information content (AvgIpc) is 2.96. The number of anilines is 3. The van der Waals surface area contributed by atoms with Gasteiger partial charge in [-0.05, 0) is 29.6 Å². The maximum absolute atomic E-state index is 6.06. The van der Waals surface area contributed by atoms with Crippen LogP contribution in [0.3, 0.4) is 0 Å². The second-order valence-corrected chi connectivity index (χ2v) is 5.59. The lowest BCUT2D eigenvalue weighted by Gasteiger charge is -2.12. The molecule has 7 heteroatoms. The number of rotatable bonds is 4. The van der Waals surface area contributed by atoms with Crippen molar-refractivity contribution in [3.05, 3.63) is 34.7 Å². The Kier molecular flexibility index (Phi) is 3.81. The maximum atomic E-state index is 6.06. The highest BCUT2D eigenvalue weighted by atomic mass is 35.5. The van der Waals surface area contributed by atoms with Crippen molar-refractivity contribution in [2.75, 3.05) is 24.8 Å². The SMILES string of the molecule is CNc1nc(Nc2cc(Cl)ccc2OC)c2ccsc2n1. The fraction of sp³-hybridized carbons (Fsp3) is 0.143. The smallest absolute Gasteiger partial charge is 0.225 e. The molecule has 2 aromatic heterocycles. The van der Waals surface area contributed by atoms with Crippen molar-refractivity contribution in [3.8, 4) is 5.75 Å². The fourth-order valence-corrected chi connectivity index (χ4v) is 2.90. The molecule has 108 valence electrons. The van der Waals surface area contributed by atoms with Gasteiger partial charge in [-0.15, -0.1) is 11.3 Å². The zero-order chi connectivity index (χ0) is 14.8. The molecule has 0 spiro atoms. The number of methoxy groups -OCH3 is 1. The van der Waals surface area contributed by atoms with Crippen LogP contribution in [0.2, 0.25) is 5.02 Å². The van der Waals surface area contributed by atoms with Gasteiger partial charge in [-0.3, -0.25) is 0 Å². The minimum atomic E-state index is 0.563. The van der Waals surface area contributed by atoms with Crippen LogP contribution in [0.25, 0.3) is 10.2 Å². The molecule has 0 amide bonds. The lowest BCUT2D eigenvalue weighted by molar-refractivity contribution is 0.417. The first-order valence-corrected chi connectivity index (χ1v) is 7.50. The molecule has 2 N–H and O–H groups in total. The predicted molar refractivity (Wildman–Crippen MR) is 88.2 cm³/mol. The quantitative estimate of drug-likeness (QED) is 0.756. The number of nitrogens with zero attached hydrogens (tertiary/aromatic N) is 2. The molecule has 0 radical (unpaired) electrons. The predicted octanol–water partition coefficient (Wildman–Crippen LogP) is 4.14. The van der Waals surface area contributed by atoms with Gasteiger partial charge in [-0.2, -0.15) is 4.98 Å². The van der Waals surface area contributed by atoms with Crippen LogP contribution in [0.1, 0.15) is 0 Å². The number of fused-ring (bicyclic) bond motifs is 1. The van der Waals surface area contributed by atoms with Crippen molar-refractivity contribution < 1.29 is 4.74 Å². The third-order valence-corrected chi connectivity index (χ3v) is 4.00. The Morgan fingerprint density at radius 3 is 2.86 bits per heavy atom. The molecule has 0 fully saturated rings. The summed E-state index contributed by atoms with van der Waals surface area (Å²) in [6, 6.07) is 7.39. The summed E-state index contributed by atoms with van der Waals surface area (Å²) in [5.41, 5.74) is 0.762. The molecule has 0 bridgehead atoms. The summed E-state index contributed by atoms with van der Waals surface area (Å²) in [7, 11) is 3.41. The van der Waals surface area contributed by atoms with Gasteiger partial charge in [0.2, 0.25) is 5.95 Å². The van der Waals surface area contributed by atoms with E-state index >= 15 is 0 Å². The second kappa shape index (κ2) is 5.75. The molecular weight excluding hydrogens is 308 g/mol. The van der Waals surface area contributed by atoms with Crippen molar-refractivity contribution in [1.82, 2.24) is 9.97 Å². The summed E-state index contributed by atoms with van der Waals surface area (Å²) in [6.45, 7) is 0. The summed E-state index contributed by atoms with van der Waals surface area (Å²) in [5, 5.41) is 9.81. The molecule has 2 heterocycles. The summed E-state index contributed by atoms with van der Waals surface area (Å²) in [6.07, 6.45) is 0. The van der Waals surface area contributed by atoms with Crippen LogP contribution in [0, 0.1) is 0 Å². The second-order valence-electron chi connectivity index (χ2n) is 4.25. The summed E-state index contributed by atoms with van der Waals surface area (Å²) >= 11 is 7.62. The van der Waals surface area contributed by atoms with E-state index in [-0.39, 0.29) is 0 Å². The molecule has 0 aliphatic carbocycles. The molecular formula is C14H13ClN4OS. The van der Waals surface area contributed by atoms with Crippen LogP contribution in [0.15, 0.2) is 29.6 Å². The Bertz CT molecular complexity index is 790. The number of hydrogen-bond acceptors (Lipinski definition) is 6. The average molecular weight is 321 g/mol. The van der Waals surface area contributed by atoms with E-state index < -0.39 is 0 Å². The van der Waals surface area contributed by atoms with Gasteiger partial charge < -0.3 is 15.4 Å². The molecule has 3 rings (SSSR count). The van der Waals surface area contributed by atoms with E-state index in [0.717, 1.165) is 15.9 Å². The van der Waals surface area contributed by atoms with Crippen LogP contribution in [0.4, 0.5) is 17.5 Å². The Balaban J connectivity index is 2.09. The van der Waals surface area contributed by atoms with Gasteiger partial charge in [0.15, 0.2) is 0 Å². The van der Waals surface area contributed by atoms with Crippen LogP contribution >= 0.6 is 22.9 Å². The minimum Gasteiger partial charge on any atom is -0.495 e. The first-order chi connectivity index (χ1) is 10.2. The van der Waals surface area contributed by atoms with E-state index in [1.165, 1.54) is 0 Å². The number of benzene rings is 1. The third kappa shape index (κ3) is 2.72. The Labute approximate surface area is 130 Å². The largest absolute Gasteiger partial charge is 0.495 e. The Morgan fingerprint density at radius 2 is 2.10 bits per heavy atom. The van der Waals surface area contributed by atoms with E-state index in [2.05, 4.69) is 20.6 Å². The molecule has 0 atom stereocenters. The molecule has 0 unspecified atom stereocenters. The van der Waals surface area contributed by atoms with Gasteiger partial charge in [-0.1, -0.05) is 11.6 Å². The number of hydrogen-bond donors (Lipinski definition) is 2. The number of nitrogens with one attached hydrogen (secondary N) is 2. The summed E-state index contributed by atoms with van der Waals surface area (Å²) < 4.78 is 5.35. The molecule has 0 aliphatic heterocycles. The van der Waals surface area contributed by atoms with Crippen LogP contribution in [0.5, 0.6) is 5.75 Å². The van der Waals surface area contributed by atoms with Gasteiger partial charge in [0.05, 0.1) is 18.2 Å². The summed E-state index contributed by atoms with van der Waals surface area (Å²) in [4.78, 5) is 9.80. The Morgan fingerprint density at radius 1 is 1.24 bits per heavy atom. The molecule has 3 aromatic rings. The maximum Gasteiger partial charge on any atom is 0.225 e. The molecule has 0 saturated carbocycles. The molecule has 5 nitrogen and oxygen atoms in total. The van der Waals surface area contributed by atoms with Gasteiger partial charge in [0, 0.05) is 12.1 Å². The molecule has 1 aromatic carbocycles. The number of ether oxygens (including phenoxy) is 1. The highest BCUT2D eigenvalue weighted by Gasteiger charge is 2.11. The first-order valence-electron chi connectivity index (χ1n) is 6.25. The molecule has 0 saturated heterocycles. The van der Waals surface area contributed by atoms with Crippen molar-refractivity contribution in [2.45, 2.75) is 0 Å². The van der Waals surface area contributed by atoms with E-state index in [1.54, 1.807) is 37.6 Å². The van der Waals surface area contributed by atoms with Crippen molar-refractivity contribution >= 4 is 50.6 Å². The normalized spacial score (nSPS) is 10.6. The van der Waals surface area contributed by atoms with Gasteiger partial charge in [0.1, 0.15) is 16.4 Å². The highest BCUT2D eigenvalue weighted by molar-refractivity contribution is 7.16. The topological polar surface area (TPSA) is 59.1 Å². The van der Waals surface area contributed by atoms with Gasteiger partial charge in [0.25, 0.3) is 0 Å². The third-order valence-electron chi connectivity index (χ3n) is 2.96. The van der Waals surface area contributed by atoms with E-state index in [4.69, 9.17) is 16.3 Å². The van der Waals surface area contributed by atoms with Crippen LogP contribution in [-0.4, -0.2) is 24.1 Å². The molecule has 21 heavy (non-hydrogen) atoms. The van der Waals surface area contributed by atoms with E-state index in [9.17, 15) is 0 Å². The lowest BCUT2D eigenvalue weighted by atomic mass is 10.2. The summed E-state index contributed by atoms with van der Waals surface area (Å²) in [5.74, 6) is 1.98. The zero-order valence-corrected chi connectivity index (χ0v) is 13.0. The monoisotopic (exact) mass is 320 g/mol. The van der Waals surface area contributed by atoms with E-state index in [1.807, 2.05) is 17.5 Å². The molecule has 0 aliphatic rings. The Hall–Kier alpha value is -2.05. The van der Waals surface area contributed by atoms with Crippen LogP contribution in [-0.2, 0) is 0 Å².